The number of hydrogen-bond acceptors (Lipinski definition) is 5. The van der Waals surface area contributed by atoms with Gasteiger partial charge in [0, 0.05) is 7.11 Å². The molecule has 0 N–H and O–H groups in total. The monoisotopic (exact) mass is 318 g/mol. The van der Waals surface area contributed by atoms with Gasteiger partial charge < -0.3 is 14.2 Å². The van der Waals surface area contributed by atoms with E-state index in [9.17, 15) is 4.79 Å². The van der Waals surface area contributed by atoms with E-state index in [0.717, 1.165) is 0 Å². The molecule has 0 atom stereocenters. The molecule has 0 saturated carbocycles. The molecule has 1 fully saturated rings. The SMILES string of the molecule is COCCn1ncc(Br)c1C(=O)CC1OCCO1. The maximum absolute atomic E-state index is 12.2. The zero-order chi connectivity index (χ0) is 13.0. The third-order valence-electron chi connectivity index (χ3n) is 2.61. The Morgan fingerprint density at radius 1 is 1.61 bits per heavy atom. The van der Waals surface area contributed by atoms with Crippen LogP contribution in [0.2, 0.25) is 0 Å². The zero-order valence-electron chi connectivity index (χ0n) is 10.1. The fraction of sp³-hybridized carbons (Fsp3) is 0.636. The van der Waals surface area contributed by atoms with Gasteiger partial charge in [0.25, 0.3) is 0 Å². The van der Waals surface area contributed by atoms with Crippen molar-refractivity contribution in [1.29, 1.82) is 0 Å². The number of carbonyl (C=O) groups is 1. The average molecular weight is 319 g/mol. The molecule has 0 bridgehead atoms. The lowest BCUT2D eigenvalue weighted by Crippen LogP contribution is -2.19. The van der Waals surface area contributed by atoms with Gasteiger partial charge in [-0.15, -0.1) is 0 Å². The van der Waals surface area contributed by atoms with Gasteiger partial charge >= 0.3 is 0 Å². The van der Waals surface area contributed by atoms with Crippen LogP contribution in [0.15, 0.2) is 10.7 Å². The van der Waals surface area contributed by atoms with Crippen LogP contribution in [0.4, 0.5) is 0 Å². The topological polar surface area (TPSA) is 62.6 Å². The first-order valence-electron chi connectivity index (χ1n) is 5.69. The summed E-state index contributed by atoms with van der Waals surface area (Å²) < 4.78 is 17.8. The van der Waals surface area contributed by atoms with Crippen molar-refractivity contribution in [3.63, 3.8) is 0 Å². The van der Waals surface area contributed by atoms with Gasteiger partial charge in [0.1, 0.15) is 5.69 Å². The molecule has 1 aliphatic heterocycles. The van der Waals surface area contributed by atoms with E-state index in [1.165, 1.54) is 0 Å². The van der Waals surface area contributed by atoms with Crippen molar-refractivity contribution in [1.82, 2.24) is 9.78 Å². The van der Waals surface area contributed by atoms with Crippen LogP contribution in [0.3, 0.4) is 0 Å². The lowest BCUT2D eigenvalue weighted by molar-refractivity contribution is -0.0409. The van der Waals surface area contributed by atoms with Crippen LogP contribution >= 0.6 is 15.9 Å². The molecule has 1 aromatic heterocycles. The molecule has 0 spiro atoms. The largest absolute Gasteiger partial charge is 0.383 e. The highest BCUT2D eigenvalue weighted by Crippen LogP contribution is 2.20. The van der Waals surface area contributed by atoms with Crippen LogP contribution in [0.5, 0.6) is 0 Å². The van der Waals surface area contributed by atoms with Crippen molar-refractivity contribution in [2.24, 2.45) is 0 Å². The number of aromatic nitrogens is 2. The minimum Gasteiger partial charge on any atom is -0.383 e. The lowest BCUT2D eigenvalue weighted by atomic mass is 10.2. The van der Waals surface area contributed by atoms with Crippen molar-refractivity contribution in [3.05, 3.63) is 16.4 Å². The molecule has 100 valence electrons. The summed E-state index contributed by atoms with van der Waals surface area (Å²) in [7, 11) is 1.61. The number of nitrogens with zero attached hydrogens (tertiary/aromatic N) is 2. The van der Waals surface area contributed by atoms with E-state index >= 15 is 0 Å². The van der Waals surface area contributed by atoms with Gasteiger partial charge in [-0.05, 0) is 15.9 Å². The van der Waals surface area contributed by atoms with Crippen molar-refractivity contribution in [3.8, 4) is 0 Å². The molecule has 0 amide bonds. The standard InChI is InChI=1S/C11H15BrN2O4/c1-16-3-2-14-11(8(12)7-13-14)9(15)6-10-17-4-5-18-10/h7,10H,2-6H2,1H3. The molecular weight excluding hydrogens is 304 g/mol. The van der Waals surface area contributed by atoms with E-state index in [0.29, 0.717) is 36.5 Å². The number of ether oxygens (including phenoxy) is 3. The van der Waals surface area contributed by atoms with Gasteiger partial charge in [-0.25, -0.2) is 0 Å². The van der Waals surface area contributed by atoms with Crippen molar-refractivity contribution in [2.75, 3.05) is 26.9 Å². The molecule has 18 heavy (non-hydrogen) atoms. The highest BCUT2D eigenvalue weighted by atomic mass is 79.9. The third kappa shape index (κ3) is 3.17. The van der Waals surface area contributed by atoms with Crippen LogP contribution in [0, 0.1) is 0 Å². The summed E-state index contributed by atoms with van der Waals surface area (Å²) in [6.45, 7) is 2.13. The van der Waals surface area contributed by atoms with Gasteiger partial charge in [0.2, 0.25) is 0 Å². The Hall–Kier alpha value is -0.760. The molecule has 1 aliphatic rings. The molecule has 1 saturated heterocycles. The minimum atomic E-state index is -0.435. The van der Waals surface area contributed by atoms with Crippen LogP contribution < -0.4 is 0 Å². The van der Waals surface area contributed by atoms with E-state index in [1.54, 1.807) is 18.0 Å². The lowest BCUT2D eigenvalue weighted by Gasteiger charge is -2.10. The second kappa shape index (κ2) is 6.42. The quantitative estimate of drug-likeness (QED) is 0.738. The molecule has 0 aliphatic carbocycles. The Bertz CT molecular complexity index is 415. The minimum absolute atomic E-state index is 0.0534. The van der Waals surface area contributed by atoms with Gasteiger partial charge in [-0.3, -0.25) is 9.48 Å². The smallest absolute Gasteiger partial charge is 0.187 e. The number of Topliss-reactive ketones (excluding diaryl/α,β-unsaturated/α-hetero) is 1. The predicted molar refractivity (Wildman–Crippen MR) is 66.4 cm³/mol. The first kappa shape index (κ1) is 13.7. The first-order chi connectivity index (χ1) is 8.72. The first-order valence-corrected chi connectivity index (χ1v) is 6.48. The van der Waals surface area contributed by atoms with Crippen molar-refractivity contribution < 1.29 is 19.0 Å². The average Bonchev–Trinajstić information content (AvgIpc) is 2.96. The molecular formula is C11H15BrN2O4. The molecule has 0 radical (unpaired) electrons. The normalized spacial score (nSPS) is 16.3. The Labute approximate surface area is 113 Å². The Kier molecular flexibility index (Phi) is 4.87. The summed E-state index contributed by atoms with van der Waals surface area (Å²) in [5.41, 5.74) is 0.533. The summed E-state index contributed by atoms with van der Waals surface area (Å²) in [5, 5.41) is 4.14. The second-order valence-electron chi connectivity index (χ2n) is 3.86. The zero-order valence-corrected chi connectivity index (χ0v) is 11.7. The van der Waals surface area contributed by atoms with E-state index in [2.05, 4.69) is 21.0 Å². The maximum atomic E-state index is 12.2. The molecule has 2 heterocycles. The maximum Gasteiger partial charge on any atom is 0.187 e. The molecule has 2 rings (SSSR count). The Balaban J connectivity index is 2.05. The van der Waals surface area contributed by atoms with Crippen LogP contribution in [-0.2, 0) is 20.8 Å². The predicted octanol–water partition coefficient (Wildman–Crippen LogP) is 1.24. The van der Waals surface area contributed by atoms with Crippen LogP contribution in [0.25, 0.3) is 0 Å². The summed E-state index contributed by atoms with van der Waals surface area (Å²) in [5.74, 6) is -0.0534. The van der Waals surface area contributed by atoms with E-state index in [1.807, 2.05) is 0 Å². The molecule has 1 aromatic rings. The second-order valence-corrected chi connectivity index (χ2v) is 4.71. The Morgan fingerprint density at radius 2 is 2.33 bits per heavy atom. The highest BCUT2D eigenvalue weighted by Gasteiger charge is 2.24. The fourth-order valence-electron chi connectivity index (χ4n) is 1.76. The number of ketones is 1. The molecule has 0 unspecified atom stereocenters. The molecule has 0 aromatic carbocycles. The number of hydrogen-bond donors (Lipinski definition) is 0. The number of rotatable bonds is 6. The van der Waals surface area contributed by atoms with Gasteiger partial charge in [0.15, 0.2) is 12.1 Å². The third-order valence-corrected chi connectivity index (χ3v) is 3.19. The van der Waals surface area contributed by atoms with Gasteiger partial charge in [0.05, 0.1) is 43.5 Å². The summed E-state index contributed by atoms with van der Waals surface area (Å²) in [6.07, 6.45) is 1.38. The summed E-state index contributed by atoms with van der Waals surface area (Å²) in [4.78, 5) is 12.2. The Morgan fingerprint density at radius 3 is 3.00 bits per heavy atom. The van der Waals surface area contributed by atoms with Gasteiger partial charge in [-0.2, -0.15) is 5.10 Å². The highest BCUT2D eigenvalue weighted by molar-refractivity contribution is 9.10. The number of carbonyl (C=O) groups excluding carboxylic acids is 1. The van der Waals surface area contributed by atoms with E-state index in [-0.39, 0.29) is 12.2 Å². The van der Waals surface area contributed by atoms with Crippen LogP contribution in [0.1, 0.15) is 16.9 Å². The van der Waals surface area contributed by atoms with Gasteiger partial charge in [-0.1, -0.05) is 0 Å². The van der Waals surface area contributed by atoms with Crippen molar-refractivity contribution in [2.45, 2.75) is 19.3 Å². The van der Waals surface area contributed by atoms with Crippen LogP contribution in [-0.4, -0.2) is 48.8 Å². The van der Waals surface area contributed by atoms with E-state index in [4.69, 9.17) is 14.2 Å². The summed E-state index contributed by atoms with van der Waals surface area (Å²) in [6, 6.07) is 0. The summed E-state index contributed by atoms with van der Waals surface area (Å²) >= 11 is 3.33. The molecule has 6 nitrogen and oxygen atoms in total. The molecule has 7 heteroatoms. The number of halogens is 1. The number of methoxy groups -OCH3 is 1. The fourth-order valence-corrected chi connectivity index (χ4v) is 2.28. The van der Waals surface area contributed by atoms with Crippen molar-refractivity contribution >= 4 is 21.7 Å². The van der Waals surface area contributed by atoms with E-state index < -0.39 is 6.29 Å².